The van der Waals surface area contributed by atoms with Crippen LogP contribution >= 0.6 is 0 Å². The maximum absolute atomic E-state index is 12.6. The molecule has 0 bridgehead atoms. The van der Waals surface area contributed by atoms with E-state index in [0.29, 0.717) is 19.0 Å². The van der Waals surface area contributed by atoms with Crippen molar-refractivity contribution in [3.8, 4) is 5.75 Å². The molecule has 0 spiro atoms. The van der Waals surface area contributed by atoms with Gasteiger partial charge in [0.05, 0.1) is 6.61 Å². The lowest BCUT2D eigenvalue weighted by molar-refractivity contribution is -0.141. The topological polar surface area (TPSA) is 27.7 Å². The molecule has 3 nitrogen and oxygen atoms in total. The van der Waals surface area contributed by atoms with E-state index in [1.807, 2.05) is 13.8 Å². The van der Waals surface area contributed by atoms with Gasteiger partial charge in [0.2, 0.25) is 0 Å². The highest BCUT2D eigenvalue weighted by molar-refractivity contribution is 5.22. The fourth-order valence-electron chi connectivity index (χ4n) is 1.57. The summed E-state index contributed by atoms with van der Waals surface area (Å²) in [6.45, 7) is 4.67. The highest BCUT2D eigenvalue weighted by Gasteiger charge is 2.32. The van der Waals surface area contributed by atoms with Crippen LogP contribution in [0.25, 0.3) is 0 Å². The second-order valence-electron chi connectivity index (χ2n) is 4.22. The minimum absolute atomic E-state index is 0.0694. The van der Waals surface area contributed by atoms with Gasteiger partial charge >= 0.3 is 0 Å². The maximum atomic E-state index is 12.6. The summed E-state index contributed by atoms with van der Waals surface area (Å²) < 4.78 is 29.1. The highest BCUT2D eigenvalue weighted by Crippen LogP contribution is 2.23. The van der Waals surface area contributed by atoms with E-state index in [-0.39, 0.29) is 11.9 Å². The van der Waals surface area contributed by atoms with Crippen molar-refractivity contribution in [1.82, 2.24) is 0 Å². The van der Waals surface area contributed by atoms with Gasteiger partial charge in [0.15, 0.2) is 5.79 Å². The van der Waals surface area contributed by atoms with Crippen LogP contribution in [0.3, 0.4) is 0 Å². The minimum Gasteiger partial charge on any atom is -0.491 e. The molecule has 1 aromatic carbocycles. The molecule has 88 valence electrons. The number of benzene rings is 1. The predicted molar refractivity (Wildman–Crippen MR) is 56.8 cm³/mol. The molecule has 1 unspecified atom stereocenters. The minimum atomic E-state index is -0.531. The summed E-state index contributed by atoms with van der Waals surface area (Å²) in [4.78, 5) is 0. The fourth-order valence-corrected chi connectivity index (χ4v) is 1.57. The number of hydrogen-bond acceptors (Lipinski definition) is 3. The van der Waals surface area contributed by atoms with E-state index in [2.05, 4.69) is 0 Å². The van der Waals surface area contributed by atoms with Crippen LogP contribution in [-0.4, -0.2) is 25.1 Å². The lowest BCUT2D eigenvalue weighted by atomic mass is 10.3. The first-order valence-corrected chi connectivity index (χ1v) is 5.25. The summed E-state index contributed by atoms with van der Waals surface area (Å²) in [5.74, 6) is -0.166. The van der Waals surface area contributed by atoms with Crippen molar-refractivity contribution in [2.75, 3.05) is 13.2 Å². The molecule has 2 rings (SSSR count). The smallest absolute Gasteiger partial charge is 0.163 e. The van der Waals surface area contributed by atoms with Gasteiger partial charge in [-0.1, -0.05) is 0 Å². The van der Waals surface area contributed by atoms with E-state index in [1.54, 1.807) is 12.1 Å². The fraction of sp³-hybridized carbons (Fsp3) is 0.500. The molecule has 1 aliphatic rings. The van der Waals surface area contributed by atoms with Crippen LogP contribution in [0.15, 0.2) is 24.3 Å². The Balaban J connectivity index is 1.82. The molecule has 16 heavy (non-hydrogen) atoms. The van der Waals surface area contributed by atoms with Gasteiger partial charge in [0.1, 0.15) is 24.3 Å². The van der Waals surface area contributed by atoms with Gasteiger partial charge in [0, 0.05) is 0 Å². The van der Waals surface area contributed by atoms with Crippen molar-refractivity contribution >= 4 is 0 Å². The molecule has 1 saturated heterocycles. The summed E-state index contributed by atoms with van der Waals surface area (Å²) >= 11 is 0. The van der Waals surface area contributed by atoms with Crippen LogP contribution < -0.4 is 4.74 Å². The molecule has 0 saturated carbocycles. The zero-order valence-electron chi connectivity index (χ0n) is 9.40. The van der Waals surface area contributed by atoms with Crippen LogP contribution in [0.4, 0.5) is 4.39 Å². The molecule has 0 aromatic heterocycles. The number of hydrogen-bond donors (Lipinski definition) is 0. The molecule has 0 aliphatic carbocycles. The Bertz CT molecular complexity index is 348. The van der Waals surface area contributed by atoms with Gasteiger partial charge in [-0.15, -0.1) is 0 Å². The number of ether oxygens (including phenoxy) is 3. The first-order chi connectivity index (χ1) is 7.55. The SMILES string of the molecule is CC1(C)OCC(COc2ccc(F)cc2)O1. The molecule has 1 heterocycles. The Labute approximate surface area is 94.1 Å². The van der Waals surface area contributed by atoms with Crippen molar-refractivity contribution in [3.05, 3.63) is 30.1 Å². The van der Waals surface area contributed by atoms with Crippen molar-refractivity contribution in [2.45, 2.75) is 25.7 Å². The van der Waals surface area contributed by atoms with Crippen LogP contribution in [0.5, 0.6) is 5.75 Å². The van der Waals surface area contributed by atoms with E-state index >= 15 is 0 Å². The molecule has 1 aromatic rings. The summed E-state index contributed by atoms with van der Waals surface area (Å²) in [6.07, 6.45) is -0.0694. The van der Waals surface area contributed by atoms with E-state index in [4.69, 9.17) is 14.2 Å². The van der Waals surface area contributed by atoms with Gasteiger partial charge in [-0.25, -0.2) is 4.39 Å². The predicted octanol–water partition coefficient (Wildman–Crippen LogP) is 2.36. The first-order valence-electron chi connectivity index (χ1n) is 5.25. The van der Waals surface area contributed by atoms with Gasteiger partial charge in [-0.3, -0.25) is 0 Å². The Morgan fingerprint density at radius 2 is 2.06 bits per heavy atom. The molecule has 0 N–H and O–H groups in total. The molecular weight excluding hydrogens is 211 g/mol. The van der Waals surface area contributed by atoms with Crippen LogP contribution in [0.2, 0.25) is 0 Å². The maximum Gasteiger partial charge on any atom is 0.163 e. The highest BCUT2D eigenvalue weighted by atomic mass is 19.1. The van der Waals surface area contributed by atoms with Gasteiger partial charge in [0.25, 0.3) is 0 Å². The quantitative estimate of drug-likeness (QED) is 0.791. The van der Waals surface area contributed by atoms with Crippen LogP contribution in [0, 0.1) is 5.82 Å². The largest absolute Gasteiger partial charge is 0.491 e. The van der Waals surface area contributed by atoms with Gasteiger partial charge in [-0.2, -0.15) is 0 Å². The number of halogens is 1. The van der Waals surface area contributed by atoms with Crippen molar-refractivity contribution in [1.29, 1.82) is 0 Å². The van der Waals surface area contributed by atoms with Crippen molar-refractivity contribution in [3.63, 3.8) is 0 Å². The monoisotopic (exact) mass is 226 g/mol. The number of rotatable bonds is 3. The standard InChI is InChI=1S/C12H15FO3/c1-12(2)15-8-11(16-12)7-14-10-5-3-9(13)4-6-10/h3-6,11H,7-8H2,1-2H3. The molecule has 1 atom stereocenters. The van der Waals surface area contributed by atoms with Gasteiger partial charge < -0.3 is 14.2 Å². The molecular formula is C12H15FO3. The Morgan fingerprint density at radius 3 is 2.62 bits per heavy atom. The second-order valence-corrected chi connectivity index (χ2v) is 4.22. The van der Waals surface area contributed by atoms with Gasteiger partial charge in [-0.05, 0) is 38.1 Å². The zero-order chi connectivity index (χ0) is 11.6. The summed E-state index contributed by atoms with van der Waals surface area (Å²) in [5.41, 5.74) is 0. The Kier molecular flexibility index (Phi) is 3.12. The second kappa shape index (κ2) is 4.39. The third kappa shape index (κ3) is 2.93. The van der Waals surface area contributed by atoms with Crippen molar-refractivity contribution < 1.29 is 18.6 Å². The average Bonchev–Trinajstić information content (AvgIpc) is 2.58. The molecule has 4 heteroatoms. The van der Waals surface area contributed by atoms with Crippen LogP contribution in [0.1, 0.15) is 13.8 Å². The average molecular weight is 226 g/mol. The molecule has 0 radical (unpaired) electrons. The Morgan fingerprint density at radius 1 is 1.38 bits per heavy atom. The third-order valence-corrected chi connectivity index (χ3v) is 2.32. The first kappa shape index (κ1) is 11.4. The van der Waals surface area contributed by atoms with E-state index in [9.17, 15) is 4.39 Å². The lowest BCUT2D eigenvalue weighted by Crippen LogP contribution is -2.25. The van der Waals surface area contributed by atoms with Crippen molar-refractivity contribution in [2.24, 2.45) is 0 Å². The molecule has 1 aliphatic heterocycles. The summed E-state index contributed by atoms with van der Waals surface area (Å²) in [5, 5.41) is 0. The van der Waals surface area contributed by atoms with E-state index in [0.717, 1.165) is 0 Å². The Hall–Kier alpha value is -1.13. The third-order valence-electron chi connectivity index (χ3n) is 2.32. The van der Waals surface area contributed by atoms with E-state index < -0.39 is 5.79 Å². The van der Waals surface area contributed by atoms with Crippen LogP contribution in [-0.2, 0) is 9.47 Å². The summed E-state index contributed by atoms with van der Waals surface area (Å²) in [6, 6.07) is 5.92. The lowest BCUT2D eigenvalue weighted by Gasteiger charge is -2.17. The molecule has 1 fully saturated rings. The summed E-state index contributed by atoms with van der Waals surface area (Å²) in [7, 11) is 0. The normalized spacial score (nSPS) is 23.3. The zero-order valence-corrected chi connectivity index (χ0v) is 9.40. The van der Waals surface area contributed by atoms with E-state index in [1.165, 1.54) is 12.1 Å². The molecule has 0 amide bonds.